The molecule has 0 unspecified atom stereocenters. The van der Waals surface area contributed by atoms with E-state index in [1.807, 2.05) is 0 Å². The predicted octanol–water partition coefficient (Wildman–Crippen LogP) is 0.520. The van der Waals surface area contributed by atoms with Crippen LogP contribution in [0, 0.1) is 0 Å². The highest BCUT2D eigenvalue weighted by molar-refractivity contribution is 5.79. The molecule has 0 bridgehead atoms. The first-order chi connectivity index (χ1) is 7.64. The molecule has 0 aromatic rings. The first-order valence-corrected chi connectivity index (χ1v) is 6.29. The van der Waals surface area contributed by atoms with Gasteiger partial charge in [0.05, 0.1) is 12.1 Å². The van der Waals surface area contributed by atoms with E-state index < -0.39 is 0 Å². The second-order valence-corrected chi connectivity index (χ2v) is 5.70. The third-order valence-electron chi connectivity index (χ3n) is 4.39. The summed E-state index contributed by atoms with van der Waals surface area (Å²) in [5, 5.41) is 3.35. The molecule has 2 aliphatic heterocycles. The van der Waals surface area contributed by atoms with Crippen LogP contribution in [0.1, 0.15) is 32.6 Å². The number of carbonyl (C=O) groups excluding carboxylic acids is 1. The van der Waals surface area contributed by atoms with Crippen LogP contribution in [0.4, 0.5) is 0 Å². The van der Waals surface area contributed by atoms with Crippen LogP contribution in [0.15, 0.2) is 0 Å². The highest BCUT2D eigenvalue weighted by Gasteiger charge is 2.51. The fourth-order valence-corrected chi connectivity index (χ4v) is 2.84. The number of hydrogen-bond acceptors (Lipinski definition) is 3. The molecule has 0 aromatic heterocycles. The van der Waals surface area contributed by atoms with Gasteiger partial charge in [-0.05, 0) is 45.7 Å². The molecule has 3 fully saturated rings. The van der Waals surface area contributed by atoms with Crippen LogP contribution in [0.5, 0.6) is 0 Å². The molecular weight excluding hydrogens is 204 g/mol. The zero-order valence-electron chi connectivity index (χ0n) is 9.92. The lowest BCUT2D eigenvalue weighted by atomic mass is 9.89. The molecular formula is C12H20N2O2. The van der Waals surface area contributed by atoms with Gasteiger partial charge in [0, 0.05) is 5.54 Å². The Morgan fingerprint density at radius 2 is 1.94 bits per heavy atom. The molecule has 1 aliphatic carbocycles. The quantitative estimate of drug-likeness (QED) is 0.706. The second kappa shape index (κ2) is 3.44. The van der Waals surface area contributed by atoms with E-state index in [0.29, 0.717) is 0 Å². The van der Waals surface area contributed by atoms with Crippen LogP contribution < -0.4 is 5.32 Å². The number of hydrogen-bond donors (Lipinski definition) is 1. The minimum atomic E-state index is -0.0508. The maximum atomic E-state index is 11.9. The van der Waals surface area contributed by atoms with Crippen molar-refractivity contribution in [3.63, 3.8) is 0 Å². The Kier molecular flexibility index (Phi) is 2.27. The van der Waals surface area contributed by atoms with Gasteiger partial charge in [-0.15, -0.1) is 0 Å². The zero-order valence-corrected chi connectivity index (χ0v) is 9.92. The van der Waals surface area contributed by atoms with Crippen LogP contribution in [-0.2, 0) is 9.53 Å². The summed E-state index contributed by atoms with van der Waals surface area (Å²) in [7, 11) is 0. The first-order valence-electron chi connectivity index (χ1n) is 6.29. The minimum Gasteiger partial charge on any atom is -0.363 e. The number of carbonyl (C=O) groups is 1. The molecule has 2 saturated heterocycles. The molecule has 0 radical (unpaired) electrons. The summed E-state index contributed by atoms with van der Waals surface area (Å²) in [5.41, 5.74) is 0.101. The third kappa shape index (κ3) is 1.64. The monoisotopic (exact) mass is 224 g/mol. The average Bonchev–Trinajstić information content (AvgIpc) is 3.03. The Morgan fingerprint density at radius 1 is 1.25 bits per heavy atom. The maximum absolute atomic E-state index is 11.9. The largest absolute Gasteiger partial charge is 0.363 e. The van der Waals surface area contributed by atoms with Crippen molar-refractivity contribution in [1.82, 2.24) is 10.2 Å². The van der Waals surface area contributed by atoms with Gasteiger partial charge in [-0.1, -0.05) is 0 Å². The molecule has 0 aromatic carbocycles. The van der Waals surface area contributed by atoms with E-state index in [1.54, 1.807) is 0 Å². The fraction of sp³-hybridized carbons (Fsp3) is 0.917. The normalized spacial score (nSPS) is 31.8. The average molecular weight is 224 g/mol. The van der Waals surface area contributed by atoms with Gasteiger partial charge in [0.15, 0.2) is 0 Å². The van der Waals surface area contributed by atoms with Crippen LogP contribution in [0.3, 0.4) is 0 Å². The molecule has 4 heteroatoms. The lowest BCUT2D eigenvalue weighted by molar-refractivity contribution is -0.173. The fourth-order valence-electron chi connectivity index (χ4n) is 2.84. The number of piperidine rings is 1. The summed E-state index contributed by atoms with van der Waals surface area (Å²) in [6, 6.07) is 0. The van der Waals surface area contributed by atoms with Gasteiger partial charge in [0.25, 0.3) is 0 Å². The number of ether oxygens (including phenoxy) is 1. The van der Waals surface area contributed by atoms with Crippen LogP contribution in [0.2, 0.25) is 0 Å². The highest BCUT2D eigenvalue weighted by atomic mass is 16.5. The predicted molar refractivity (Wildman–Crippen MR) is 60.1 cm³/mol. The van der Waals surface area contributed by atoms with Crippen molar-refractivity contribution in [3.8, 4) is 0 Å². The number of amides is 1. The molecule has 1 N–H and O–H groups in total. The SMILES string of the molecule is CC1(N2CC3(CCNCC3)OCC2=O)CC1. The number of nitrogens with one attached hydrogen (secondary N) is 1. The van der Waals surface area contributed by atoms with Gasteiger partial charge >= 0.3 is 0 Å². The standard InChI is InChI=1S/C12H20N2O2/c1-11(2-3-11)14-9-12(16-8-10(14)15)4-6-13-7-5-12/h13H,2-9H2,1H3. The summed E-state index contributed by atoms with van der Waals surface area (Å²) < 4.78 is 5.84. The Bertz CT molecular complexity index is 306. The van der Waals surface area contributed by atoms with Crippen molar-refractivity contribution in [2.45, 2.75) is 43.7 Å². The lowest BCUT2D eigenvalue weighted by Gasteiger charge is -2.47. The molecule has 2 heterocycles. The molecule has 3 rings (SSSR count). The van der Waals surface area contributed by atoms with Crippen LogP contribution >= 0.6 is 0 Å². The van der Waals surface area contributed by atoms with E-state index in [4.69, 9.17) is 4.74 Å². The van der Waals surface area contributed by atoms with Crippen molar-refractivity contribution in [2.24, 2.45) is 0 Å². The lowest BCUT2D eigenvalue weighted by Crippen LogP contribution is -2.60. The topological polar surface area (TPSA) is 41.6 Å². The summed E-state index contributed by atoms with van der Waals surface area (Å²) in [4.78, 5) is 14.0. The number of morpholine rings is 1. The number of rotatable bonds is 1. The molecule has 1 amide bonds. The van der Waals surface area contributed by atoms with E-state index in [-0.39, 0.29) is 23.7 Å². The van der Waals surface area contributed by atoms with Crippen molar-refractivity contribution < 1.29 is 9.53 Å². The molecule has 16 heavy (non-hydrogen) atoms. The zero-order chi connectivity index (χ0) is 11.2. The van der Waals surface area contributed by atoms with Gasteiger partial charge in [-0.3, -0.25) is 4.79 Å². The number of nitrogens with zero attached hydrogens (tertiary/aromatic N) is 1. The van der Waals surface area contributed by atoms with Crippen LogP contribution in [0.25, 0.3) is 0 Å². The molecule has 4 nitrogen and oxygen atoms in total. The van der Waals surface area contributed by atoms with E-state index in [1.165, 1.54) is 0 Å². The summed E-state index contributed by atoms with van der Waals surface area (Å²) in [6.07, 6.45) is 4.39. The maximum Gasteiger partial charge on any atom is 0.249 e. The molecule has 90 valence electrons. The van der Waals surface area contributed by atoms with Gasteiger partial charge < -0.3 is 15.0 Å². The molecule has 3 aliphatic rings. The summed E-state index contributed by atoms with van der Waals surface area (Å²) in [5.74, 6) is 0.184. The van der Waals surface area contributed by atoms with E-state index in [2.05, 4.69) is 17.1 Å². The Labute approximate surface area is 96.3 Å². The van der Waals surface area contributed by atoms with Crippen molar-refractivity contribution in [3.05, 3.63) is 0 Å². The van der Waals surface area contributed by atoms with Crippen molar-refractivity contribution in [1.29, 1.82) is 0 Å². The second-order valence-electron chi connectivity index (χ2n) is 5.70. The van der Waals surface area contributed by atoms with Gasteiger partial charge in [-0.25, -0.2) is 0 Å². The Hall–Kier alpha value is -0.610. The van der Waals surface area contributed by atoms with E-state index >= 15 is 0 Å². The van der Waals surface area contributed by atoms with E-state index in [0.717, 1.165) is 45.3 Å². The van der Waals surface area contributed by atoms with E-state index in [9.17, 15) is 4.79 Å². The molecule has 1 spiro atoms. The van der Waals surface area contributed by atoms with Crippen molar-refractivity contribution >= 4 is 5.91 Å². The minimum absolute atomic E-state index is 0.0508. The van der Waals surface area contributed by atoms with Crippen LogP contribution in [-0.4, -0.2) is 48.2 Å². The van der Waals surface area contributed by atoms with Gasteiger partial charge in [0.2, 0.25) is 5.91 Å². The van der Waals surface area contributed by atoms with Gasteiger partial charge in [-0.2, -0.15) is 0 Å². The van der Waals surface area contributed by atoms with Crippen molar-refractivity contribution in [2.75, 3.05) is 26.2 Å². The Balaban J connectivity index is 1.76. The van der Waals surface area contributed by atoms with Gasteiger partial charge in [0.1, 0.15) is 6.61 Å². The molecule has 1 saturated carbocycles. The Morgan fingerprint density at radius 3 is 2.56 bits per heavy atom. The summed E-state index contributed by atoms with van der Waals surface area (Å²) in [6.45, 7) is 5.32. The smallest absolute Gasteiger partial charge is 0.249 e. The highest BCUT2D eigenvalue weighted by Crippen LogP contribution is 2.44. The third-order valence-corrected chi connectivity index (χ3v) is 4.39. The molecule has 0 atom stereocenters. The summed E-state index contributed by atoms with van der Waals surface area (Å²) >= 11 is 0. The first kappa shape index (κ1) is 10.5.